The fourth-order valence-corrected chi connectivity index (χ4v) is 4.83. The van der Waals surface area contributed by atoms with Gasteiger partial charge < -0.3 is 14.4 Å². The van der Waals surface area contributed by atoms with Gasteiger partial charge >= 0.3 is 0 Å². The van der Waals surface area contributed by atoms with Crippen LogP contribution in [0.2, 0.25) is 0 Å². The Labute approximate surface area is 199 Å². The molecule has 3 aromatic carbocycles. The van der Waals surface area contributed by atoms with Crippen LogP contribution in [0.1, 0.15) is 29.3 Å². The summed E-state index contributed by atoms with van der Waals surface area (Å²) in [4.78, 5) is 34.7. The molecule has 0 aliphatic carbocycles. The normalized spacial score (nSPS) is 15.8. The van der Waals surface area contributed by atoms with Gasteiger partial charge in [-0.1, -0.05) is 48.0 Å². The van der Waals surface area contributed by atoms with Crippen LogP contribution in [-0.2, 0) is 16.1 Å². The maximum absolute atomic E-state index is 13.2. The number of nitrogens with zero attached hydrogens (tertiary/aromatic N) is 4. The lowest BCUT2D eigenvalue weighted by molar-refractivity contribution is -0.119. The zero-order valence-electron chi connectivity index (χ0n) is 19.7. The number of amides is 2. The van der Waals surface area contributed by atoms with E-state index in [2.05, 4.69) is 13.0 Å². The number of anilines is 2. The summed E-state index contributed by atoms with van der Waals surface area (Å²) in [5.74, 6) is 0.751. The summed E-state index contributed by atoms with van der Waals surface area (Å²) in [5.41, 5.74) is 5.79. The van der Waals surface area contributed by atoms with E-state index in [-0.39, 0.29) is 24.3 Å². The highest BCUT2D eigenvalue weighted by Crippen LogP contribution is 2.34. The molecule has 6 nitrogen and oxygen atoms in total. The van der Waals surface area contributed by atoms with Gasteiger partial charge in [0.15, 0.2) is 0 Å². The second-order valence-corrected chi connectivity index (χ2v) is 9.03. The number of rotatable bonds is 5. The van der Waals surface area contributed by atoms with Crippen molar-refractivity contribution >= 4 is 34.2 Å². The highest BCUT2D eigenvalue weighted by Gasteiger charge is 2.35. The molecule has 0 spiro atoms. The van der Waals surface area contributed by atoms with Crippen LogP contribution in [0.25, 0.3) is 11.0 Å². The molecule has 1 saturated heterocycles. The topological polar surface area (TPSA) is 58.4 Å². The first-order chi connectivity index (χ1) is 16.4. The SMILES string of the molecule is Cc1ccc(N2CC(c3nc4ccccc4n3CC(=O)N(C)c3ccccc3)CC2=O)c(C)c1. The van der Waals surface area contributed by atoms with Gasteiger partial charge in [-0.3, -0.25) is 9.59 Å². The number of aryl methyl sites for hydroxylation is 2. The minimum atomic E-state index is -0.0876. The fraction of sp³-hybridized carbons (Fsp3) is 0.250. The zero-order chi connectivity index (χ0) is 23.8. The lowest BCUT2D eigenvalue weighted by Gasteiger charge is -2.21. The van der Waals surface area contributed by atoms with Crippen LogP contribution in [0.15, 0.2) is 72.8 Å². The molecule has 0 saturated carbocycles. The molecule has 2 amide bonds. The Kier molecular flexibility index (Phi) is 5.65. The Balaban J connectivity index is 1.48. The molecule has 6 heteroatoms. The Morgan fingerprint density at radius 1 is 1.03 bits per heavy atom. The predicted octanol–water partition coefficient (Wildman–Crippen LogP) is 4.84. The van der Waals surface area contributed by atoms with E-state index in [1.807, 2.05) is 83.1 Å². The van der Waals surface area contributed by atoms with E-state index < -0.39 is 0 Å². The minimum absolute atomic E-state index is 0.0360. The Morgan fingerprint density at radius 2 is 1.76 bits per heavy atom. The highest BCUT2D eigenvalue weighted by atomic mass is 16.2. The van der Waals surface area contributed by atoms with Gasteiger partial charge in [0.25, 0.3) is 0 Å². The second kappa shape index (κ2) is 8.78. The largest absolute Gasteiger partial charge is 0.318 e. The molecule has 0 bridgehead atoms. The third-order valence-corrected chi connectivity index (χ3v) is 6.63. The van der Waals surface area contributed by atoms with Crippen LogP contribution < -0.4 is 9.80 Å². The van der Waals surface area contributed by atoms with Gasteiger partial charge in [-0.2, -0.15) is 0 Å². The van der Waals surface area contributed by atoms with E-state index >= 15 is 0 Å². The molecule has 0 N–H and O–H groups in total. The summed E-state index contributed by atoms with van der Waals surface area (Å²) in [6.45, 7) is 4.80. The van der Waals surface area contributed by atoms with E-state index in [1.165, 1.54) is 5.56 Å². The molecular weight excluding hydrogens is 424 g/mol. The van der Waals surface area contributed by atoms with Gasteiger partial charge in [0, 0.05) is 37.3 Å². The van der Waals surface area contributed by atoms with Crippen LogP contribution in [0, 0.1) is 13.8 Å². The van der Waals surface area contributed by atoms with Crippen LogP contribution in [0.4, 0.5) is 11.4 Å². The maximum Gasteiger partial charge on any atom is 0.246 e. The van der Waals surface area contributed by atoms with Crippen LogP contribution in [0.5, 0.6) is 0 Å². The molecule has 1 aliphatic rings. The van der Waals surface area contributed by atoms with Gasteiger partial charge in [0.2, 0.25) is 11.8 Å². The van der Waals surface area contributed by atoms with Gasteiger partial charge in [0.1, 0.15) is 12.4 Å². The molecule has 0 radical (unpaired) electrons. The number of hydrogen-bond donors (Lipinski definition) is 0. The van der Waals surface area contributed by atoms with Crippen LogP contribution >= 0.6 is 0 Å². The van der Waals surface area contributed by atoms with Crippen molar-refractivity contribution in [3.8, 4) is 0 Å². The molecule has 1 aromatic heterocycles. The third kappa shape index (κ3) is 3.96. The maximum atomic E-state index is 13.2. The summed E-state index contributed by atoms with van der Waals surface area (Å²) in [6.07, 6.45) is 0.374. The Bertz CT molecular complexity index is 1380. The molecule has 4 aromatic rings. The highest BCUT2D eigenvalue weighted by molar-refractivity contribution is 5.97. The number of imidazole rings is 1. The third-order valence-electron chi connectivity index (χ3n) is 6.63. The van der Waals surface area contributed by atoms with Gasteiger partial charge in [-0.15, -0.1) is 0 Å². The first kappa shape index (κ1) is 21.9. The smallest absolute Gasteiger partial charge is 0.246 e. The van der Waals surface area contributed by atoms with Gasteiger partial charge in [-0.25, -0.2) is 4.98 Å². The summed E-state index contributed by atoms with van der Waals surface area (Å²) in [5, 5.41) is 0. The predicted molar refractivity (Wildman–Crippen MR) is 135 cm³/mol. The monoisotopic (exact) mass is 452 g/mol. The number of carbonyl (C=O) groups excluding carboxylic acids is 2. The summed E-state index contributed by atoms with van der Waals surface area (Å²) in [6, 6.07) is 23.6. The molecule has 5 rings (SSSR count). The minimum Gasteiger partial charge on any atom is -0.318 e. The molecule has 2 heterocycles. The molecule has 1 atom stereocenters. The fourth-order valence-electron chi connectivity index (χ4n) is 4.83. The van der Waals surface area contributed by atoms with Crippen molar-refractivity contribution in [1.82, 2.24) is 9.55 Å². The molecule has 172 valence electrons. The number of fused-ring (bicyclic) bond motifs is 1. The van der Waals surface area contributed by atoms with Crippen LogP contribution in [0.3, 0.4) is 0 Å². The van der Waals surface area contributed by atoms with Crippen molar-refractivity contribution in [2.75, 3.05) is 23.4 Å². The van der Waals surface area contributed by atoms with Crippen LogP contribution in [-0.4, -0.2) is 35.0 Å². The lowest BCUT2D eigenvalue weighted by Crippen LogP contribution is -2.31. The van der Waals surface area contributed by atoms with E-state index in [9.17, 15) is 9.59 Å². The lowest BCUT2D eigenvalue weighted by atomic mass is 10.1. The molecular formula is C28H28N4O2. The zero-order valence-corrected chi connectivity index (χ0v) is 19.7. The number of likely N-dealkylation sites (N-methyl/N-ethyl adjacent to an activating group) is 1. The first-order valence-electron chi connectivity index (χ1n) is 11.6. The Morgan fingerprint density at radius 3 is 2.53 bits per heavy atom. The number of benzene rings is 3. The molecule has 1 aliphatic heterocycles. The van der Waals surface area contributed by atoms with Crippen molar-refractivity contribution in [3.63, 3.8) is 0 Å². The number of aromatic nitrogens is 2. The number of para-hydroxylation sites is 3. The summed E-state index contributed by atoms with van der Waals surface area (Å²) in [7, 11) is 1.79. The average molecular weight is 453 g/mol. The van der Waals surface area contributed by atoms with Gasteiger partial charge in [-0.05, 0) is 49.7 Å². The van der Waals surface area contributed by atoms with Crippen molar-refractivity contribution in [3.05, 3.63) is 89.7 Å². The number of carbonyl (C=O) groups is 2. The molecule has 34 heavy (non-hydrogen) atoms. The average Bonchev–Trinajstić information content (AvgIpc) is 3.39. The second-order valence-electron chi connectivity index (χ2n) is 9.03. The van der Waals surface area contributed by atoms with Crippen molar-refractivity contribution in [2.24, 2.45) is 0 Å². The van der Waals surface area contributed by atoms with E-state index in [1.54, 1.807) is 11.9 Å². The van der Waals surface area contributed by atoms with Crippen molar-refractivity contribution < 1.29 is 9.59 Å². The summed E-state index contributed by atoms with van der Waals surface area (Å²) >= 11 is 0. The van der Waals surface area contributed by atoms with E-state index in [0.717, 1.165) is 33.8 Å². The Hall–Kier alpha value is -3.93. The van der Waals surface area contributed by atoms with Crippen molar-refractivity contribution in [1.29, 1.82) is 0 Å². The van der Waals surface area contributed by atoms with E-state index in [4.69, 9.17) is 4.98 Å². The van der Waals surface area contributed by atoms with E-state index in [0.29, 0.717) is 13.0 Å². The number of hydrogen-bond acceptors (Lipinski definition) is 3. The first-order valence-corrected chi connectivity index (χ1v) is 11.6. The summed E-state index contributed by atoms with van der Waals surface area (Å²) < 4.78 is 1.99. The molecule has 1 fully saturated rings. The molecule has 1 unspecified atom stereocenters. The standard InChI is InChI=1S/C28H28N4O2/c1-19-13-14-24(20(2)15-19)31-17-21(16-26(31)33)28-29-23-11-7-8-12-25(23)32(28)18-27(34)30(3)22-9-5-4-6-10-22/h4-15,21H,16-18H2,1-3H3. The van der Waals surface area contributed by atoms with Crippen molar-refractivity contribution in [2.45, 2.75) is 32.7 Å². The van der Waals surface area contributed by atoms with Gasteiger partial charge in [0.05, 0.1) is 11.0 Å². The quantitative estimate of drug-likeness (QED) is 0.436.